The van der Waals surface area contributed by atoms with E-state index in [1.807, 2.05) is 0 Å². The predicted molar refractivity (Wildman–Crippen MR) is 58.4 cm³/mol. The lowest BCUT2D eigenvalue weighted by molar-refractivity contribution is 0.156. The third kappa shape index (κ3) is 2.62. The van der Waals surface area contributed by atoms with Crippen molar-refractivity contribution in [2.24, 2.45) is 0 Å². The zero-order chi connectivity index (χ0) is 12.4. The maximum Gasteiger partial charge on any atom is 0.128 e. The third-order valence-corrected chi connectivity index (χ3v) is 3.09. The summed E-state index contributed by atoms with van der Waals surface area (Å²) in [6, 6.07) is 2.95. The van der Waals surface area contributed by atoms with Crippen molar-refractivity contribution in [3.05, 3.63) is 35.4 Å². The van der Waals surface area contributed by atoms with Gasteiger partial charge in [-0.25, -0.2) is 8.78 Å². The van der Waals surface area contributed by atoms with E-state index in [4.69, 9.17) is 5.11 Å². The maximum absolute atomic E-state index is 13.6. The van der Waals surface area contributed by atoms with E-state index in [2.05, 4.69) is 0 Å². The van der Waals surface area contributed by atoms with Crippen LogP contribution in [0.25, 0.3) is 0 Å². The molecule has 1 aromatic rings. The molecular weight excluding hydrogens is 228 g/mol. The fourth-order valence-electron chi connectivity index (χ4n) is 2.35. The second kappa shape index (κ2) is 5.08. The van der Waals surface area contributed by atoms with E-state index in [0.717, 1.165) is 18.2 Å². The van der Waals surface area contributed by atoms with E-state index in [9.17, 15) is 13.9 Å². The van der Waals surface area contributed by atoms with Crippen molar-refractivity contribution in [1.29, 1.82) is 0 Å². The summed E-state index contributed by atoms with van der Waals surface area (Å²) in [5.74, 6) is -0.972. The molecule has 0 amide bonds. The topological polar surface area (TPSA) is 43.7 Å². The van der Waals surface area contributed by atoms with Gasteiger partial charge in [-0.05, 0) is 24.6 Å². The molecule has 0 bridgehead atoms. The fourth-order valence-corrected chi connectivity index (χ4v) is 2.35. The van der Waals surface area contributed by atoms with Crippen molar-refractivity contribution in [3.8, 4) is 0 Å². The molecule has 0 radical (unpaired) electrons. The van der Waals surface area contributed by atoms with Gasteiger partial charge in [0, 0.05) is 24.7 Å². The second-order valence-electron chi connectivity index (χ2n) is 4.29. The Morgan fingerprint density at radius 3 is 2.82 bits per heavy atom. The zero-order valence-electron chi connectivity index (χ0n) is 9.31. The quantitative estimate of drug-likeness (QED) is 0.834. The summed E-state index contributed by atoms with van der Waals surface area (Å²) in [4.78, 5) is 1.77. The van der Waals surface area contributed by atoms with Gasteiger partial charge in [0.1, 0.15) is 11.6 Å². The Morgan fingerprint density at radius 1 is 1.35 bits per heavy atom. The summed E-state index contributed by atoms with van der Waals surface area (Å²) >= 11 is 0. The first-order valence-electron chi connectivity index (χ1n) is 5.59. The van der Waals surface area contributed by atoms with Crippen LogP contribution >= 0.6 is 0 Å². The van der Waals surface area contributed by atoms with Gasteiger partial charge in [0.05, 0.1) is 12.7 Å². The lowest BCUT2D eigenvalue weighted by atomic mass is 10.0. The number of aliphatic hydroxyl groups is 2. The van der Waals surface area contributed by atoms with Crippen molar-refractivity contribution in [1.82, 2.24) is 4.90 Å². The van der Waals surface area contributed by atoms with Crippen LogP contribution < -0.4 is 0 Å². The summed E-state index contributed by atoms with van der Waals surface area (Å²) in [6.45, 7) is 0.652. The normalized spacial score (nSPS) is 25.4. The van der Waals surface area contributed by atoms with Gasteiger partial charge >= 0.3 is 0 Å². The van der Waals surface area contributed by atoms with Crippen molar-refractivity contribution >= 4 is 0 Å². The Labute approximate surface area is 98.3 Å². The molecule has 1 aliphatic heterocycles. The minimum absolute atomic E-state index is 0.0693. The number of aliphatic hydroxyl groups excluding tert-OH is 2. The van der Waals surface area contributed by atoms with Crippen molar-refractivity contribution in [2.75, 3.05) is 19.7 Å². The molecule has 0 spiro atoms. The molecule has 94 valence electrons. The number of hydrogen-bond donors (Lipinski definition) is 2. The molecule has 5 heteroatoms. The highest BCUT2D eigenvalue weighted by atomic mass is 19.1. The highest BCUT2D eigenvalue weighted by Crippen LogP contribution is 2.33. The number of benzene rings is 1. The van der Waals surface area contributed by atoms with Crippen LogP contribution in [0.3, 0.4) is 0 Å². The Hall–Kier alpha value is -1.04. The Bertz CT molecular complexity index is 400. The molecule has 3 nitrogen and oxygen atoms in total. The van der Waals surface area contributed by atoms with Crippen molar-refractivity contribution in [2.45, 2.75) is 18.6 Å². The number of likely N-dealkylation sites (tertiary alicyclic amines) is 1. The maximum atomic E-state index is 13.6. The summed E-state index contributed by atoms with van der Waals surface area (Å²) in [5.41, 5.74) is 0.245. The van der Waals surface area contributed by atoms with E-state index < -0.39 is 17.7 Å². The molecule has 2 atom stereocenters. The minimum Gasteiger partial charge on any atom is -0.395 e. The minimum atomic E-state index is -0.561. The molecule has 0 saturated carbocycles. The van der Waals surface area contributed by atoms with Crippen LogP contribution in [0.2, 0.25) is 0 Å². The second-order valence-corrected chi connectivity index (χ2v) is 4.29. The van der Waals surface area contributed by atoms with Gasteiger partial charge in [0.15, 0.2) is 0 Å². The Kier molecular flexibility index (Phi) is 3.71. The van der Waals surface area contributed by atoms with Crippen molar-refractivity contribution in [3.63, 3.8) is 0 Å². The number of rotatable bonds is 3. The van der Waals surface area contributed by atoms with E-state index >= 15 is 0 Å². The lowest BCUT2D eigenvalue weighted by Crippen LogP contribution is -2.28. The molecule has 1 heterocycles. The number of halogens is 2. The van der Waals surface area contributed by atoms with Gasteiger partial charge in [-0.3, -0.25) is 4.90 Å². The van der Waals surface area contributed by atoms with Crippen LogP contribution in [0.15, 0.2) is 18.2 Å². The van der Waals surface area contributed by atoms with Crippen LogP contribution in [-0.4, -0.2) is 40.9 Å². The zero-order valence-corrected chi connectivity index (χ0v) is 9.31. The van der Waals surface area contributed by atoms with Crippen LogP contribution in [0.4, 0.5) is 8.78 Å². The summed E-state index contributed by atoms with van der Waals surface area (Å²) in [5, 5.41) is 18.5. The first-order valence-corrected chi connectivity index (χ1v) is 5.59. The van der Waals surface area contributed by atoms with Crippen molar-refractivity contribution < 1.29 is 19.0 Å². The first-order chi connectivity index (χ1) is 8.11. The molecule has 1 saturated heterocycles. The van der Waals surface area contributed by atoms with Crippen LogP contribution in [-0.2, 0) is 0 Å². The fraction of sp³-hybridized carbons (Fsp3) is 0.500. The third-order valence-electron chi connectivity index (χ3n) is 3.09. The highest BCUT2D eigenvalue weighted by Gasteiger charge is 2.33. The predicted octanol–water partition coefficient (Wildman–Crippen LogP) is 1.06. The average molecular weight is 243 g/mol. The SMILES string of the molecule is OCCN1C[C@H](O)C[C@@H]1c1cc(F)ccc1F. The van der Waals surface area contributed by atoms with Crippen LogP contribution in [0, 0.1) is 11.6 Å². The van der Waals surface area contributed by atoms with E-state index in [-0.39, 0.29) is 18.2 Å². The summed E-state index contributed by atoms with van der Waals surface area (Å²) in [7, 11) is 0. The molecule has 0 aliphatic carbocycles. The molecule has 2 N–H and O–H groups in total. The number of hydrogen-bond acceptors (Lipinski definition) is 3. The molecular formula is C12H15F2NO2. The molecule has 1 fully saturated rings. The molecule has 17 heavy (non-hydrogen) atoms. The summed E-state index contributed by atoms with van der Waals surface area (Å²) < 4.78 is 26.7. The largest absolute Gasteiger partial charge is 0.395 e. The van der Waals surface area contributed by atoms with E-state index in [1.54, 1.807) is 4.90 Å². The standard InChI is InChI=1S/C12H15F2NO2/c13-8-1-2-11(14)10(5-8)12-6-9(17)7-15(12)3-4-16/h1-2,5,9,12,16-17H,3-4,6-7H2/t9-,12-/m1/s1. The van der Waals surface area contributed by atoms with Gasteiger partial charge in [-0.1, -0.05) is 0 Å². The van der Waals surface area contributed by atoms with Crippen LogP contribution in [0.5, 0.6) is 0 Å². The van der Waals surface area contributed by atoms with Crippen LogP contribution in [0.1, 0.15) is 18.0 Å². The molecule has 0 unspecified atom stereocenters. The van der Waals surface area contributed by atoms with E-state index in [0.29, 0.717) is 19.5 Å². The number of β-amino-alcohol motifs (C(OH)–C–C–N with tert-alkyl or cyclic N) is 2. The van der Waals surface area contributed by atoms with Gasteiger partial charge in [0.2, 0.25) is 0 Å². The van der Waals surface area contributed by atoms with Gasteiger partial charge in [-0.15, -0.1) is 0 Å². The number of nitrogens with zero attached hydrogens (tertiary/aromatic N) is 1. The average Bonchev–Trinajstić information content (AvgIpc) is 2.64. The Morgan fingerprint density at radius 2 is 2.12 bits per heavy atom. The molecule has 1 aliphatic rings. The van der Waals surface area contributed by atoms with Gasteiger partial charge < -0.3 is 10.2 Å². The van der Waals surface area contributed by atoms with Gasteiger partial charge in [0.25, 0.3) is 0 Å². The Balaban J connectivity index is 2.27. The monoisotopic (exact) mass is 243 g/mol. The molecule has 2 rings (SSSR count). The highest BCUT2D eigenvalue weighted by molar-refractivity contribution is 5.23. The smallest absolute Gasteiger partial charge is 0.128 e. The van der Waals surface area contributed by atoms with Gasteiger partial charge in [-0.2, -0.15) is 0 Å². The lowest BCUT2D eigenvalue weighted by Gasteiger charge is -2.23. The first kappa shape index (κ1) is 12.4. The molecule has 0 aromatic heterocycles. The van der Waals surface area contributed by atoms with E-state index in [1.165, 1.54) is 0 Å². The summed E-state index contributed by atoms with van der Waals surface area (Å²) in [6.07, 6.45) is -0.199. The molecule has 1 aromatic carbocycles.